The molecular weight excluding hydrogens is 424 g/mol. The Kier molecular flexibility index (Phi) is 5.15. The van der Waals surface area contributed by atoms with Crippen molar-refractivity contribution in [3.05, 3.63) is 34.8 Å². The number of likely N-dealkylation sites (tertiary alicyclic amines) is 1. The monoisotopic (exact) mass is 435 g/mol. The molecule has 1 amide bonds. The van der Waals surface area contributed by atoms with Crippen LogP contribution in [0.4, 0.5) is 26.3 Å². The third kappa shape index (κ3) is 3.32. The summed E-state index contributed by atoms with van der Waals surface area (Å²) in [7, 11) is 0. The van der Waals surface area contributed by atoms with E-state index in [-0.39, 0.29) is 6.07 Å². The van der Waals surface area contributed by atoms with E-state index >= 15 is 0 Å². The summed E-state index contributed by atoms with van der Waals surface area (Å²) in [5.41, 5.74) is -5.25. The minimum absolute atomic E-state index is 0.282. The molecule has 0 aliphatic carbocycles. The van der Waals surface area contributed by atoms with Gasteiger partial charge < -0.3 is 19.6 Å². The van der Waals surface area contributed by atoms with Gasteiger partial charge in [0.05, 0.1) is 5.56 Å². The predicted molar refractivity (Wildman–Crippen MR) is 84.3 cm³/mol. The summed E-state index contributed by atoms with van der Waals surface area (Å²) in [4.78, 5) is 13.4. The number of phenols is 1. The van der Waals surface area contributed by atoms with Crippen LogP contribution in [0, 0.1) is 28.8 Å². The number of benzene rings is 1. The van der Waals surface area contributed by atoms with Crippen molar-refractivity contribution in [3.63, 3.8) is 0 Å². The number of carbonyl (C=O) groups is 1. The zero-order valence-corrected chi connectivity index (χ0v) is 14.7. The lowest BCUT2D eigenvalue weighted by molar-refractivity contribution is -0.271. The second-order valence-corrected chi connectivity index (χ2v) is 6.55. The average molecular weight is 435 g/mol. The van der Waals surface area contributed by atoms with Crippen LogP contribution in [0.25, 0.3) is 11.3 Å². The largest absolute Gasteiger partial charge is 0.503 e. The number of aromatic hydroxyl groups is 1. The molecule has 3 rings (SSSR count). The molecule has 0 atom stereocenters. The Morgan fingerprint density at radius 1 is 1.23 bits per heavy atom. The zero-order chi connectivity index (χ0) is 22.4. The lowest BCUT2D eigenvalue weighted by atomic mass is 9.90. The second kappa shape index (κ2) is 7.21. The first-order chi connectivity index (χ1) is 13.9. The molecule has 7 nitrogen and oxygen atoms in total. The Bertz CT molecular complexity index is 1050. The number of aromatic nitrogens is 1. The molecule has 2 N–H and O–H groups in total. The summed E-state index contributed by atoms with van der Waals surface area (Å²) in [6, 6.07) is 1.77. The number of halogens is 6. The van der Waals surface area contributed by atoms with E-state index in [1.165, 1.54) is 6.07 Å². The molecule has 1 aromatic carbocycles. The molecule has 1 fully saturated rings. The van der Waals surface area contributed by atoms with E-state index in [0.717, 1.165) is 4.90 Å². The third-order valence-electron chi connectivity index (χ3n) is 4.79. The van der Waals surface area contributed by atoms with Crippen molar-refractivity contribution in [2.45, 2.75) is 24.6 Å². The number of amides is 1. The molecule has 0 spiro atoms. The molecule has 2 heterocycles. The quantitative estimate of drug-likeness (QED) is 0.555. The van der Waals surface area contributed by atoms with E-state index < -0.39 is 89.4 Å². The lowest BCUT2D eigenvalue weighted by Crippen LogP contribution is -2.54. The number of aliphatic hydroxyl groups is 1. The van der Waals surface area contributed by atoms with Crippen LogP contribution in [0.15, 0.2) is 10.6 Å². The fraction of sp³-hybridized carbons (Fsp3) is 0.353. The van der Waals surface area contributed by atoms with Crippen molar-refractivity contribution in [2.75, 3.05) is 13.1 Å². The van der Waals surface area contributed by atoms with E-state index in [1.54, 1.807) is 0 Å². The van der Waals surface area contributed by atoms with Gasteiger partial charge in [0.2, 0.25) is 5.82 Å². The van der Waals surface area contributed by atoms with Crippen LogP contribution in [0.2, 0.25) is 0 Å². The number of phenolic OH excluding ortho intramolecular Hbond substituents is 1. The van der Waals surface area contributed by atoms with Gasteiger partial charge in [-0.3, -0.25) is 4.79 Å². The molecule has 1 aromatic heterocycles. The van der Waals surface area contributed by atoms with Gasteiger partial charge in [-0.15, -0.1) is 0 Å². The summed E-state index contributed by atoms with van der Waals surface area (Å²) in [6.07, 6.45) is -6.53. The van der Waals surface area contributed by atoms with Gasteiger partial charge in [0.15, 0.2) is 34.4 Å². The molecule has 1 saturated heterocycles. The molecular formula is C17H11F6N3O4. The Labute approximate surface area is 163 Å². The number of nitriles is 1. The molecule has 30 heavy (non-hydrogen) atoms. The van der Waals surface area contributed by atoms with Crippen LogP contribution < -0.4 is 0 Å². The zero-order valence-electron chi connectivity index (χ0n) is 14.7. The van der Waals surface area contributed by atoms with Crippen molar-refractivity contribution >= 4 is 5.91 Å². The molecule has 160 valence electrons. The molecule has 0 radical (unpaired) electrons. The maximum absolute atomic E-state index is 14.1. The fourth-order valence-corrected chi connectivity index (χ4v) is 2.99. The molecule has 0 saturated carbocycles. The van der Waals surface area contributed by atoms with Gasteiger partial charge in [0.25, 0.3) is 5.91 Å². The molecule has 0 unspecified atom stereocenters. The smallest absolute Gasteiger partial charge is 0.417 e. The van der Waals surface area contributed by atoms with Crippen LogP contribution in [-0.4, -0.2) is 51.0 Å². The molecule has 2 aromatic rings. The van der Waals surface area contributed by atoms with Crippen LogP contribution in [0.3, 0.4) is 0 Å². The first kappa shape index (κ1) is 21.4. The lowest BCUT2D eigenvalue weighted by Gasteiger charge is -2.38. The number of hydrogen-bond donors (Lipinski definition) is 2. The van der Waals surface area contributed by atoms with E-state index in [9.17, 15) is 46.6 Å². The minimum Gasteiger partial charge on any atom is -0.503 e. The van der Waals surface area contributed by atoms with Crippen LogP contribution in [-0.2, 0) is 0 Å². The third-order valence-corrected chi connectivity index (χ3v) is 4.79. The number of carbonyl (C=O) groups excluding carboxylic acids is 1. The highest BCUT2D eigenvalue weighted by Crippen LogP contribution is 2.39. The Morgan fingerprint density at radius 2 is 1.83 bits per heavy atom. The van der Waals surface area contributed by atoms with Gasteiger partial charge in [0, 0.05) is 25.9 Å². The highest BCUT2D eigenvalue weighted by atomic mass is 19.4. The Balaban J connectivity index is 1.93. The highest BCUT2D eigenvalue weighted by molar-refractivity contribution is 5.96. The van der Waals surface area contributed by atoms with Gasteiger partial charge in [-0.05, 0) is 6.07 Å². The first-order valence-electron chi connectivity index (χ1n) is 8.26. The van der Waals surface area contributed by atoms with E-state index in [4.69, 9.17) is 4.52 Å². The number of piperidine rings is 1. The number of alkyl halides is 3. The van der Waals surface area contributed by atoms with Gasteiger partial charge in [0.1, 0.15) is 11.6 Å². The molecule has 13 heteroatoms. The summed E-state index contributed by atoms with van der Waals surface area (Å²) >= 11 is 0. The van der Waals surface area contributed by atoms with E-state index in [1.807, 2.05) is 0 Å². The van der Waals surface area contributed by atoms with E-state index in [0.29, 0.717) is 0 Å². The molecule has 0 bridgehead atoms. The maximum atomic E-state index is 14.1. The fourth-order valence-electron chi connectivity index (χ4n) is 2.99. The standard InChI is InChI=1S/C17H11F6N3O4/c18-9-5-7(10(19)13(27)11(9)20)14-8(6-24)12(25-30-14)15(28)26-3-1-16(29,2-4-26)17(21,22)23/h5,27,29H,1-4H2. The Morgan fingerprint density at radius 3 is 2.37 bits per heavy atom. The summed E-state index contributed by atoms with van der Waals surface area (Å²) in [5.74, 6) is -8.72. The molecule has 1 aliphatic heterocycles. The number of rotatable bonds is 2. The van der Waals surface area contributed by atoms with Crippen molar-refractivity contribution in [2.24, 2.45) is 0 Å². The van der Waals surface area contributed by atoms with Crippen LogP contribution >= 0.6 is 0 Å². The predicted octanol–water partition coefficient (Wildman–Crippen LogP) is 2.87. The van der Waals surface area contributed by atoms with Crippen molar-refractivity contribution in [1.82, 2.24) is 10.1 Å². The maximum Gasteiger partial charge on any atom is 0.417 e. The summed E-state index contributed by atoms with van der Waals surface area (Å²) in [6.45, 7) is -1.05. The summed E-state index contributed by atoms with van der Waals surface area (Å²) < 4.78 is 84.3. The summed E-state index contributed by atoms with van der Waals surface area (Å²) in [5, 5.41) is 31.6. The average Bonchev–Trinajstić information content (AvgIpc) is 3.12. The number of nitrogens with zero attached hydrogens (tertiary/aromatic N) is 3. The second-order valence-electron chi connectivity index (χ2n) is 6.55. The van der Waals surface area contributed by atoms with Gasteiger partial charge >= 0.3 is 6.18 Å². The first-order valence-corrected chi connectivity index (χ1v) is 8.26. The van der Waals surface area contributed by atoms with Crippen molar-refractivity contribution in [3.8, 4) is 23.1 Å². The topological polar surface area (TPSA) is 111 Å². The van der Waals surface area contributed by atoms with Crippen molar-refractivity contribution in [1.29, 1.82) is 5.26 Å². The Hall–Kier alpha value is -3.27. The minimum atomic E-state index is -4.90. The highest BCUT2D eigenvalue weighted by Gasteiger charge is 2.55. The normalized spacial score (nSPS) is 16.4. The van der Waals surface area contributed by atoms with E-state index in [2.05, 4.69) is 5.16 Å². The number of hydrogen-bond acceptors (Lipinski definition) is 6. The van der Waals surface area contributed by atoms with Gasteiger partial charge in [-0.1, -0.05) is 5.16 Å². The van der Waals surface area contributed by atoms with Crippen LogP contribution in [0.5, 0.6) is 5.75 Å². The van der Waals surface area contributed by atoms with Gasteiger partial charge in [-0.25, -0.2) is 8.78 Å². The van der Waals surface area contributed by atoms with Crippen LogP contribution in [0.1, 0.15) is 28.9 Å². The SMILES string of the molecule is N#Cc1c(C(=O)N2CCC(O)(C(F)(F)F)CC2)noc1-c1cc(F)c(F)c(O)c1F. The van der Waals surface area contributed by atoms with Gasteiger partial charge in [-0.2, -0.15) is 22.8 Å². The van der Waals surface area contributed by atoms with Crippen molar-refractivity contribution < 1.29 is 45.9 Å². The molecule has 1 aliphatic rings.